The number of alkyl halides is 1. The van der Waals surface area contributed by atoms with Crippen molar-refractivity contribution in [2.45, 2.75) is 51.4 Å². The average Bonchev–Trinajstić information content (AvgIpc) is 2.54. The van der Waals surface area contributed by atoms with Crippen molar-refractivity contribution < 1.29 is 4.79 Å². The Balaban J connectivity index is 1.81. The molecule has 0 radical (unpaired) electrons. The molecule has 1 amide bonds. The van der Waals surface area contributed by atoms with E-state index in [1.54, 1.807) is 0 Å². The Morgan fingerprint density at radius 1 is 1.19 bits per heavy atom. The molecule has 0 saturated heterocycles. The van der Waals surface area contributed by atoms with E-state index < -0.39 is 0 Å². The maximum absolute atomic E-state index is 12.8. The van der Waals surface area contributed by atoms with E-state index in [0.29, 0.717) is 5.91 Å². The van der Waals surface area contributed by atoms with Crippen LogP contribution in [-0.4, -0.2) is 17.8 Å². The van der Waals surface area contributed by atoms with E-state index in [1.165, 1.54) is 36.1 Å². The van der Waals surface area contributed by atoms with Gasteiger partial charge in [0.2, 0.25) is 5.91 Å². The van der Waals surface area contributed by atoms with Gasteiger partial charge in [-0.15, -0.1) is 0 Å². The van der Waals surface area contributed by atoms with E-state index >= 15 is 0 Å². The Bertz CT molecular complexity index is 508. The van der Waals surface area contributed by atoms with E-state index in [4.69, 9.17) is 0 Å². The summed E-state index contributed by atoms with van der Waals surface area (Å²) < 4.78 is 0. The SMILES string of the molecule is O=C(C1CCCCC1)N1CCCc2cc(CCBr)ccc21. The molecule has 114 valence electrons. The summed E-state index contributed by atoms with van der Waals surface area (Å²) in [6.07, 6.45) is 9.20. The summed E-state index contributed by atoms with van der Waals surface area (Å²) in [4.78, 5) is 14.9. The first-order valence-electron chi connectivity index (χ1n) is 8.29. The van der Waals surface area contributed by atoms with E-state index in [0.717, 1.165) is 44.0 Å². The van der Waals surface area contributed by atoms with E-state index in [2.05, 4.69) is 39.0 Å². The highest BCUT2D eigenvalue weighted by Gasteiger charge is 2.29. The number of rotatable bonds is 3. The molecule has 1 aliphatic carbocycles. The standard InChI is InChI=1S/C18H24BrNO/c19-11-10-14-8-9-17-16(13-14)7-4-12-20(17)18(21)15-5-2-1-3-6-15/h8-9,13,15H,1-7,10-12H2. The molecule has 1 aromatic carbocycles. The predicted molar refractivity (Wildman–Crippen MR) is 91.2 cm³/mol. The second kappa shape index (κ2) is 6.95. The number of hydrogen-bond donors (Lipinski definition) is 0. The van der Waals surface area contributed by atoms with Crippen LogP contribution >= 0.6 is 15.9 Å². The van der Waals surface area contributed by atoms with Crippen LogP contribution in [0.4, 0.5) is 5.69 Å². The molecule has 2 aliphatic rings. The number of carbonyl (C=O) groups is 1. The molecule has 0 unspecified atom stereocenters. The molecule has 3 heteroatoms. The van der Waals surface area contributed by atoms with Crippen LogP contribution in [0.2, 0.25) is 0 Å². The van der Waals surface area contributed by atoms with E-state index in [9.17, 15) is 4.79 Å². The maximum Gasteiger partial charge on any atom is 0.230 e. The van der Waals surface area contributed by atoms with Gasteiger partial charge >= 0.3 is 0 Å². The molecule has 0 N–H and O–H groups in total. The highest BCUT2D eigenvalue weighted by Crippen LogP contribution is 2.32. The zero-order valence-corrected chi connectivity index (χ0v) is 14.2. The van der Waals surface area contributed by atoms with Crippen molar-refractivity contribution in [2.75, 3.05) is 16.8 Å². The third-order valence-electron chi connectivity index (χ3n) is 4.87. The van der Waals surface area contributed by atoms with Gasteiger partial charge in [-0.25, -0.2) is 0 Å². The van der Waals surface area contributed by atoms with Crippen LogP contribution in [-0.2, 0) is 17.6 Å². The molecule has 0 spiro atoms. The molecule has 21 heavy (non-hydrogen) atoms. The fourth-order valence-corrected chi connectivity index (χ4v) is 4.17. The molecular weight excluding hydrogens is 326 g/mol. The summed E-state index contributed by atoms with van der Waals surface area (Å²) in [6, 6.07) is 6.66. The Morgan fingerprint density at radius 3 is 2.76 bits per heavy atom. The predicted octanol–water partition coefficient (Wildman–Crippen LogP) is 4.48. The lowest BCUT2D eigenvalue weighted by molar-refractivity contribution is -0.123. The number of halogens is 1. The molecule has 1 fully saturated rings. The Labute approximate surface area is 136 Å². The molecule has 1 saturated carbocycles. The number of hydrogen-bond acceptors (Lipinski definition) is 1. The highest BCUT2D eigenvalue weighted by atomic mass is 79.9. The molecule has 3 rings (SSSR count). The number of carbonyl (C=O) groups excluding carboxylic acids is 1. The number of nitrogens with zero attached hydrogens (tertiary/aromatic N) is 1. The summed E-state index contributed by atoms with van der Waals surface area (Å²) in [5.74, 6) is 0.649. The van der Waals surface area contributed by atoms with Gasteiger partial charge in [-0.1, -0.05) is 47.3 Å². The second-order valence-corrected chi connectivity index (χ2v) is 7.12. The molecule has 2 nitrogen and oxygen atoms in total. The molecular formula is C18H24BrNO. The van der Waals surface area contributed by atoms with Crippen LogP contribution in [0, 0.1) is 5.92 Å². The Hall–Kier alpha value is -0.830. The maximum atomic E-state index is 12.8. The quantitative estimate of drug-likeness (QED) is 0.736. The van der Waals surface area contributed by atoms with Gasteiger partial charge in [0, 0.05) is 23.5 Å². The Kier molecular flexibility index (Phi) is 4.99. The zero-order chi connectivity index (χ0) is 14.7. The molecule has 1 heterocycles. The van der Waals surface area contributed by atoms with Crippen molar-refractivity contribution >= 4 is 27.5 Å². The van der Waals surface area contributed by atoms with Gasteiger partial charge in [-0.2, -0.15) is 0 Å². The first-order valence-corrected chi connectivity index (χ1v) is 9.41. The monoisotopic (exact) mass is 349 g/mol. The topological polar surface area (TPSA) is 20.3 Å². The lowest BCUT2D eigenvalue weighted by Gasteiger charge is -2.34. The number of fused-ring (bicyclic) bond motifs is 1. The summed E-state index contributed by atoms with van der Waals surface area (Å²) >= 11 is 3.50. The van der Waals surface area contributed by atoms with Gasteiger partial charge in [0.15, 0.2) is 0 Å². The first kappa shape index (κ1) is 15.1. The summed E-state index contributed by atoms with van der Waals surface area (Å²) in [7, 11) is 0. The van der Waals surface area contributed by atoms with Crippen molar-refractivity contribution in [1.82, 2.24) is 0 Å². The van der Waals surface area contributed by atoms with Gasteiger partial charge in [0.05, 0.1) is 0 Å². The fraction of sp³-hybridized carbons (Fsp3) is 0.611. The van der Waals surface area contributed by atoms with Crippen LogP contribution < -0.4 is 4.90 Å². The van der Waals surface area contributed by atoms with Gasteiger partial charge in [-0.3, -0.25) is 4.79 Å². The number of aryl methyl sites for hydroxylation is 2. The highest BCUT2D eigenvalue weighted by molar-refractivity contribution is 9.09. The third-order valence-corrected chi connectivity index (χ3v) is 5.26. The summed E-state index contributed by atoms with van der Waals surface area (Å²) in [5.41, 5.74) is 3.91. The molecule has 0 atom stereocenters. The van der Waals surface area contributed by atoms with Crippen molar-refractivity contribution in [1.29, 1.82) is 0 Å². The second-order valence-electron chi connectivity index (χ2n) is 6.33. The zero-order valence-electron chi connectivity index (χ0n) is 12.6. The summed E-state index contributed by atoms with van der Waals surface area (Å²) in [5, 5.41) is 0.997. The third kappa shape index (κ3) is 3.33. The van der Waals surface area contributed by atoms with Crippen molar-refractivity contribution in [3.8, 4) is 0 Å². The molecule has 1 aliphatic heterocycles. The van der Waals surface area contributed by atoms with Crippen LogP contribution in [0.5, 0.6) is 0 Å². The molecule has 0 bridgehead atoms. The van der Waals surface area contributed by atoms with Gasteiger partial charge in [0.25, 0.3) is 0 Å². The van der Waals surface area contributed by atoms with Crippen molar-refractivity contribution in [2.24, 2.45) is 5.92 Å². The summed E-state index contributed by atoms with van der Waals surface area (Å²) in [6.45, 7) is 0.903. The van der Waals surface area contributed by atoms with Crippen LogP contribution in [0.3, 0.4) is 0 Å². The molecule has 1 aromatic rings. The lowest BCUT2D eigenvalue weighted by atomic mass is 9.87. The van der Waals surface area contributed by atoms with Gasteiger partial charge in [0.1, 0.15) is 0 Å². The fourth-order valence-electron chi connectivity index (χ4n) is 3.71. The normalized spacial score (nSPS) is 19.4. The van der Waals surface area contributed by atoms with Crippen molar-refractivity contribution in [3.63, 3.8) is 0 Å². The largest absolute Gasteiger partial charge is 0.312 e. The minimum Gasteiger partial charge on any atom is -0.312 e. The molecule has 0 aromatic heterocycles. The minimum atomic E-state index is 0.270. The smallest absolute Gasteiger partial charge is 0.230 e. The Morgan fingerprint density at radius 2 is 2.00 bits per heavy atom. The number of anilines is 1. The average molecular weight is 350 g/mol. The van der Waals surface area contributed by atoms with Crippen LogP contribution in [0.25, 0.3) is 0 Å². The van der Waals surface area contributed by atoms with Gasteiger partial charge in [-0.05, 0) is 49.3 Å². The first-order chi connectivity index (χ1) is 10.3. The number of amides is 1. The van der Waals surface area contributed by atoms with Crippen LogP contribution in [0.15, 0.2) is 18.2 Å². The lowest BCUT2D eigenvalue weighted by Crippen LogP contribution is -2.40. The van der Waals surface area contributed by atoms with E-state index in [1.807, 2.05) is 0 Å². The van der Waals surface area contributed by atoms with E-state index in [-0.39, 0.29) is 5.92 Å². The van der Waals surface area contributed by atoms with Gasteiger partial charge < -0.3 is 4.90 Å². The number of benzene rings is 1. The minimum absolute atomic E-state index is 0.270. The van der Waals surface area contributed by atoms with Crippen LogP contribution in [0.1, 0.15) is 49.7 Å². The van der Waals surface area contributed by atoms with Crippen molar-refractivity contribution in [3.05, 3.63) is 29.3 Å².